The van der Waals surface area contributed by atoms with Gasteiger partial charge < -0.3 is 10.2 Å². The first kappa shape index (κ1) is 8.85. The zero-order valence-corrected chi connectivity index (χ0v) is 9.39. The van der Waals surface area contributed by atoms with Crippen LogP contribution < -0.4 is 10.2 Å². The molecule has 3 atom stereocenters. The second-order valence-electron chi connectivity index (χ2n) is 5.35. The molecule has 2 aliphatic heterocycles. The Labute approximate surface area is 95.9 Å². The van der Waals surface area contributed by atoms with Crippen molar-refractivity contribution in [3.63, 3.8) is 0 Å². The van der Waals surface area contributed by atoms with Gasteiger partial charge in [0.1, 0.15) is 0 Å². The van der Waals surface area contributed by atoms with Gasteiger partial charge in [0, 0.05) is 25.3 Å². The molecule has 1 aromatic heterocycles. The largest absolute Gasteiger partial charge is 0.380 e. The number of pyridine rings is 1. The summed E-state index contributed by atoms with van der Waals surface area (Å²) >= 11 is 0. The second kappa shape index (κ2) is 3.12. The number of hydrogen-bond donors (Lipinski definition) is 1. The number of anilines is 2. The summed E-state index contributed by atoms with van der Waals surface area (Å²) in [6, 6.07) is 2.90. The Kier molecular flexibility index (Phi) is 1.73. The highest BCUT2D eigenvalue weighted by molar-refractivity contribution is 5.72. The molecule has 0 bridgehead atoms. The molecule has 3 heteroatoms. The van der Waals surface area contributed by atoms with Crippen molar-refractivity contribution < 1.29 is 0 Å². The smallest absolute Gasteiger partial charge is 0.0765 e. The molecule has 3 unspecified atom stereocenters. The summed E-state index contributed by atoms with van der Waals surface area (Å²) in [6.07, 6.45) is 8.20. The normalized spacial score (nSPS) is 35.2. The lowest BCUT2D eigenvalue weighted by Crippen LogP contribution is -2.42. The SMILES string of the molecule is c1cc2c(cn1)NCC1C3CCCC3CN21. The Hall–Kier alpha value is -1.25. The van der Waals surface area contributed by atoms with Crippen molar-refractivity contribution in [1.29, 1.82) is 0 Å². The summed E-state index contributed by atoms with van der Waals surface area (Å²) in [6.45, 7) is 2.38. The quantitative estimate of drug-likeness (QED) is 0.718. The average molecular weight is 215 g/mol. The molecule has 0 spiro atoms. The third-order valence-electron chi connectivity index (χ3n) is 4.65. The molecule has 1 N–H and O–H groups in total. The lowest BCUT2D eigenvalue weighted by molar-refractivity contribution is 0.429. The van der Waals surface area contributed by atoms with E-state index in [-0.39, 0.29) is 0 Å². The van der Waals surface area contributed by atoms with E-state index in [0.29, 0.717) is 0 Å². The fraction of sp³-hybridized carbons (Fsp3) is 0.615. The van der Waals surface area contributed by atoms with E-state index in [1.165, 1.54) is 37.2 Å². The van der Waals surface area contributed by atoms with E-state index < -0.39 is 0 Å². The van der Waals surface area contributed by atoms with Gasteiger partial charge in [-0.2, -0.15) is 0 Å². The van der Waals surface area contributed by atoms with Crippen molar-refractivity contribution in [2.45, 2.75) is 25.3 Å². The lowest BCUT2D eigenvalue weighted by Gasteiger charge is -2.36. The van der Waals surface area contributed by atoms with Crippen molar-refractivity contribution in [2.24, 2.45) is 11.8 Å². The van der Waals surface area contributed by atoms with Crippen LogP contribution in [0.5, 0.6) is 0 Å². The van der Waals surface area contributed by atoms with Gasteiger partial charge in [0.2, 0.25) is 0 Å². The summed E-state index contributed by atoms with van der Waals surface area (Å²) in [4.78, 5) is 6.82. The van der Waals surface area contributed by atoms with Crippen LogP contribution in [0.25, 0.3) is 0 Å². The Morgan fingerprint density at radius 3 is 3.38 bits per heavy atom. The van der Waals surface area contributed by atoms with Crippen LogP contribution in [-0.2, 0) is 0 Å². The van der Waals surface area contributed by atoms with Crippen LogP contribution in [0.3, 0.4) is 0 Å². The monoisotopic (exact) mass is 215 g/mol. The summed E-state index contributed by atoms with van der Waals surface area (Å²) < 4.78 is 0. The first-order valence-corrected chi connectivity index (χ1v) is 6.38. The van der Waals surface area contributed by atoms with Crippen LogP contribution in [0.15, 0.2) is 18.5 Å². The summed E-state index contributed by atoms with van der Waals surface area (Å²) in [5, 5.41) is 3.54. The highest BCUT2D eigenvalue weighted by atomic mass is 15.3. The average Bonchev–Trinajstić information content (AvgIpc) is 2.88. The van der Waals surface area contributed by atoms with Gasteiger partial charge >= 0.3 is 0 Å². The van der Waals surface area contributed by atoms with E-state index in [2.05, 4.69) is 21.3 Å². The molecule has 3 aliphatic rings. The van der Waals surface area contributed by atoms with E-state index in [1.54, 1.807) is 0 Å². The number of fused-ring (bicyclic) bond motifs is 5. The molecule has 4 rings (SSSR count). The molecule has 1 aromatic rings. The fourth-order valence-electron chi connectivity index (χ4n) is 3.94. The topological polar surface area (TPSA) is 28.2 Å². The number of nitrogens with one attached hydrogen (secondary N) is 1. The molecule has 1 saturated heterocycles. The van der Waals surface area contributed by atoms with Crippen molar-refractivity contribution >= 4 is 11.4 Å². The Morgan fingerprint density at radius 1 is 1.38 bits per heavy atom. The maximum atomic E-state index is 4.20. The van der Waals surface area contributed by atoms with E-state index in [9.17, 15) is 0 Å². The maximum absolute atomic E-state index is 4.20. The third kappa shape index (κ3) is 1.06. The van der Waals surface area contributed by atoms with E-state index in [1.807, 2.05) is 12.4 Å². The Bertz CT molecular complexity index is 417. The zero-order chi connectivity index (χ0) is 10.5. The van der Waals surface area contributed by atoms with Crippen LogP contribution in [0, 0.1) is 11.8 Å². The van der Waals surface area contributed by atoms with Gasteiger partial charge in [0.05, 0.1) is 17.6 Å². The lowest BCUT2D eigenvalue weighted by atomic mass is 9.93. The minimum Gasteiger partial charge on any atom is -0.380 e. The number of hydrogen-bond acceptors (Lipinski definition) is 3. The van der Waals surface area contributed by atoms with Crippen molar-refractivity contribution in [2.75, 3.05) is 23.3 Å². The predicted molar refractivity (Wildman–Crippen MR) is 64.7 cm³/mol. The second-order valence-corrected chi connectivity index (χ2v) is 5.35. The number of rotatable bonds is 0. The van der Waals surface area contributed by atoms with E-state index in [4.69, 9.17) is 0 Å². The van der Waals surface area contributed by atoms with Gasteiger partial charge in [-0.25, -0.2) is 0 Å². The standard InChI is InChI=1S/C13H17N3/c1-2-9-8-16-12-4-5-14-6-11(12)15-7-13(16)10(9)3-1/h4-6,9-10,13,15H,1-3,7-8H2. The molecule has 84 valence electrons. The van der Waals surface area contributed by atoms with Crippen LogP contribution in [0.2, 0.25) is 0 Å². The highest BCUT2D eigenvalue weighted by Gasteiger charge is 2.45. The predicted octanol–water partition coefficient (Wildman–Crippen LogP) is 2.11. The molecule has 0 aromatic carbocycles. The molecule has 3 nitrogen and oxygen atoms in total. The van der Waals surface area contributed by atoms with Gasteiger partial charge in [0.15, 0.2) is 0 Å². The first-order chi connectivity index (χ1) is 7.93. The minimum absolute atomic E-state index is 0.738. The van der Waals surface area contributed by atoms with E-state index >= 15 is 0 Å². The summed E-state index contributed by atoms with van der Waals surface area (Å²) in [5.41, 5.74) is 2.60. The molecule has 3 heterocycles. The molecule has 0 amide bonds. The Balaban J connectivity index is 1.75. The first-order valence-electron chi connectivity index (χ1n) is 6.38. The molecule has 1 aliphatic carbocycles. The van der Waals surface area contributed by atoms with Crippen molar-refractivity contribution in [3.05, 3.63) is 18.5 Å². The molecular formula is C13H17N3. The molecule has 1 saturated carbocycles. The van der Waals surface area contributed by atoms with Gasteiger partial charge in [-0.3, -0.25) is 4.98 Å². The maximum Gasteiger partial charge on any atom is 0.0765 e. The molecule has 2 fully saturated rings. The van der Waals surface area contributed by atoms with Crippen molar-refractivity contribution in [3.8, 4) is 0 Å². The van der Waals surface area contributed by atoms with Crippen LogP contribution >= 0.6 is 0 Å². The third-order valence-corrected chi connectivity index (χ3v) is 4.65. The summed E-state index contributed by atoms with van der Waals surface area (Å²) in [7, 11) is 0. The minimum atomic E-state index is 0.738. The Morgan fingerprint density at radius 2 is 2.38 bits per heavy atom. The van der Waals surface area contributed by atoms with Crippen LogP contribution in [0.4, 0.5) is 11.4 Å². The highest BCUT2D eigenvalue weighted by Crippen LogP contribution is 2.46. The number of aromatic nitrogens is 1. The molecule has 0 radical (unpaired) electrons. The van der Waals surface area contributed by atoms with Crippen LogP contribution in [0.1, 0.15) is 19.3 Å². The molecule has 16 heavy (non-hydrogen) atoms. The van der Waals surface area contributed by atoms with E-state index in [0.717, 1.165) is 24.4 Å². The number of nitrogens with zero attached hydrogens (tertiary/aromatic N) is 2. The zero-order valence-electron chi connectivity index (χ0n) is 9.39. The molecular weight excluding hydrogens is 198 g/mol. The summed E-state index contributed by atoms with van der Waals surface area (Å²) in [5.74, 6) is 1.89. The van der Waals surface area contributed by atoms with Crippen molar-refractivity contribution in [1.82, 2.24) is 4.98 Å². The van der Waals surface area contributed by atoms with Gasteiger partial charge in [-0.15, -0.1) is 0 Å². The fourth-order valence-corrected chi connectivity index (χ4v) is 3.94. The van der Waals surface area contributed by atoms with Gasteiger partial charge in [-0.05, 0) is 30.7 Å². The van der Waals surface area contributed by atoms with Crippen LogP contribution in [-0.4, -0.2) is 24.1 Å². The van der Waals surface area contributed by atoms with Gasteiger partial charge in [0.25, 0.3) is 0 Å². The van der Waals surface area contributed by atoms with Gasteiger partial charge in [-0.1, -0.05) is 6.42 Å².